The Labute approximate surface area is 117 Å². The number of likely N-dealkylation sites (tertiary alicyclic amines) is 1. The van der Waals surface area contributed by atoms with Gasteiger partial charge in [0.1, 0.15) is 0 Å². The molecule has 1 unspecified atom stereocenters. The highest BCUT2D eigenvalue weighted by Crippen LogP contribution is 2.30. The van der Waals surface area contributed by atoms with E-state index in [0.717, 1.165) is 12.0 Å². The van der Waals surface area contributed by atoms with Crippen molar-refractivity contribution in [1.82, 2.24) is 4.90 Å². The van der Waals surface area contributed by atoms with Gasteiger partial charge in [0.15, 0.2) is 0 Å². The molecule has 1 aliphatic rings. The van der Waals surface area contributed by atoms with E-state index in [9.17, 15) is 14.9 Å². The number of nitrogens with zero attached hydrogens (tertiary/aromatic N) is 2. The van der Waals surface area contributed by atoms with Crippen LogP contribution in [0.2, 0.25) is 0 Å². The Morgan fingerprint density at radius 3 is 2.80 bits per heavy atom. The lowest BCUT2D eigenvalue weighted by Gasteiger charge is -2.23. The van der Waals surface area contributed by atoms with Crippen LogP contribution in [-0.2, 0) is 0 Å². The fourth-order valence-electron chi connectivity index (χ4n) is 2.49. The predicted molar refractivity (Wildman–Crippen MR) is 75.5 cm³/mol. The summed E-state index contributed by atoms with van der Waals surface area (Å²) in [6, 6.07) is 4.39. The zero-order chi connectivity index (χ0) is 14.9. The molecule has 0 aliphatic carbocycles. The molecule has 1 saturated heterocycles. The number of rotatable bonds is 3. The molecule has 1 heterocycles. The van der Waals surface area contributed by atoms with E-state index in [1.54, 1.807) is 17.9 Å². The van der Waals surface area contributed by atoms with Gasteiger partial charge in [0.2, 0.25) is 0 Å². The predicted octanol–water partition coefficient (Wildman–Crippen LogP) is 1.71. The number of carbonyl (C=O) groups is 1. The molecule has 20 heavy (non-hydrogen) atoms. The van der Waals surface area contributed by atoms with Gasteiger partial charge in [-0.1, -0.05) is 13.0 Å². The quantitative estimate of drug-likeness (QED) is 0.672. The van der Waals surface area contributed by atoms with E-state index in [-0.39, 0.29) is 17.0 Å². The van der Waals surface area contributed by atoms with Gasteiger partial charge in [-0.15, -0.1) is 0 Å². The van der Waals surface area contributed by atoms with Crippen LogP contribution in [0.5, 0.6) is 0 Å². The third kappa shape index (κ3) is 2.65. The number of hydrogen-bond donors (Lipinski definition) is 1. The smallest absolute Gasteiger partial charge is 0.270 e. The summed E-state index contributed by atoms with van der Waals surface area (Å²) in [5.74, 6) is -0.150. The molecule has 108 valence electrons. The van der Waals surface area contributed by atoms with Crippen molar-refractivity contribution in [2.24, 2.45) is 11.1 Å². The van der Waals surface area contributed by atoms with Gasteiger partial charge < -0.3 is 10.6 Å². The third-order valence-electron chi connectivity index (χ3n) is 4.00. The van der Waals surface area contributed by atoms with E-state index in [0.29, 0.717) is 25.2 Å². The molecular formula is C14H19N3O3. The SMILES string of the molecule is Cc1ccc([N+](=O)[O-])cc1C(=O)N1CCC(C)(CN)C1. The third-order valence-corrected chi connectivity index (χ3v) is 4.00. The molecule has 1 aromatic carbocycles. The lowest BCUT2D eigenvalue weighted by Crippen LogP contribution is -2.34. The molecule has 0 aromatic heterocycles. The van der Waals surface area contributed by atoms with Crippen LogP contribution in [0.4, 0.5) is 5.69 Å². The minimum Gasteiger partial charge on any atom is -0.338 e. The molecule has 1 aromatic rings. The zero-order valence-corrected chi connectivity index (χ0v) is 11.8. The van der Waals surface area contributed by atoms with E-state index in [2.05, 4.69) is 6.92 Å². The van der Waals surface area contributed by atoms with Gasteiger partial charge in [-0.3, -0.25) is 14.9 Å². The number of nitro groups is 1. The molecular weight excluding hydrogens is 258 g/mol. The van der Waals surface area contributed by atoms with E-state index in [1.807, 2.05) is 0 Å². The van der Waals surface area contributed by atoms with Crippen molar-refractivity contribution in [1.29, 1.82) is 0 Å². The molecule has 2 rings (SSSR count). The second-order valence-corrected chi connectivity index (χ2v) is 5.75. The lowest BCUT2D eigenvalue weighted by atomic mass is 9.90. The summed E-state index contributed by atoms with van der Waals surface area (Å²) in [6.07, 6.45) is 0.864. The van der Waals surface area contributed by atoms with Crippen LogP contribution in [0.25, 0.3) is 0 Å². The summed E-state index contributed by atoms with van der Waals surface area (Å²) >= 11 is 0. The number of nitrogens with two attached hydrogens (primary N) is 1. The minimum absolute atomic E-state index is 0.0513. The van der Waals surface area contributed by atoms with Crippen LogP contribution in [-0.4, -0.2) is 35.4 Å². The van der Waals surface area contributed by atoms with Crippen LogP contribution in [0.1, 0.15) is 29.3 Å². The fourth-order valence-corrected chi connectivity index (χ4v) is 2.49. The Morgan fingerprint density at radius 1 is 1.55 bits per heavy atom. The second kappa shape index (κ2) is 5.20. The van der Waals surface area contributed by atoms with Gasteiger partial charge in [0, 0.05) is 30.8 Å². The first kappa shape index (κ1) is 14.5. The minimum atomic E-state index is -0.482. The van der Waals surface area contributed by atoms with Crippen LogP contribution >= 0.6 is 0 Å². The van der Waals surface area contributed by atoms with Crippen molar-refractivity contribution in [3.63, 3.8) is 0 Å². The first-order valence-electron chi connectivity index (χ1n) is 6.61. The second-order valence-electron chi connectivity index (χ2n) is 5.75. The molecule has 0 bridgehead atoms. The maximum Gasteiger partial charge on any atom is 0.270 e. The van der Waals surface area contributed by atoms with Crippen molar-refractivity contribution in [2.45, 2.75) is 20.3 Å². The first-order valence-corrected chi connectivity index (χ1v) is 6.61. The van der Waals surface area contributed by atoms with Gasteiger partial charge in [0.25, 0.3) is 11.6 Å². The number of aryl methyl sites for hydroxylation is 1. The molecule has 0 spiro atoms. The number of benzene rings is 1. The Bertz CT molecular complexity index is 559. The van der Waals surface area contributed by atoms with Crippen molar-refractivity contribution >= 4 is 11.6 Å². The molecule has 1 fully saturated rings. The van der Waals surface area contributed by atoms with Crippen molar-refractivity contribution < 1.29 is 9.72 Å². The normalized spacial score (nSPS) is 22.1. The van der Waals surface area contributed by atoms with E-state index >= 15 is 0 Å². The Balaban J connectivity index is 2.26. The molecule has 0 saturated carbocycles. The number of amides is 1. The average Bonchev–Trinajstić information content (AvgIpc) is 2.82. The monoisotopic (exact) mass is 277 g/mol. The topological polar surface area (TPSA) is 89.5 Å². The highest BCUT2D eigenvalue weighted by Gasteiger charge is 2.35. The van der Waals surface area contributed by atoms with Crippen LogP contribution in [0, 0.1) is 22.5 Å². The molecule has 0 radical (unpaired) electrons. The van der Waals surface area contributed by atoms with Crippen LogP contribution in [0.15, 0.2) is 18.2 Å². The Hall–Kier alpha value is -1.95. The van der Waals surface area contributed by atoms with E-state index in [1.165, 1.54) is 12.1 Å². The average molecular weight is 277 g/mol. The van der Waals surface area contributed by atoms with Crippen molar-refractivity contribution in [3.8, 4) is 0 Å². The number of hydrogen-bond acceptors (Lipinski definition) is 4. The molecule has 1 atom stereocenters. The molecule has 6 nitrogen and oxygen atoms in total. The maximum absolute atomic E-state index is 12.5. The lowest BCUT2D eigenvalue weighted by molar-refractivity contribution is -0.384. The highest BCUT2D eigenvalue weighted by atomic mass is 16.6. The van der Waals surface area contributed by atoms with Crippen molar-refractivity contribution in [2.75, 3.05) is 19.6 Å². The summed E-state index contributed by atoms with van der Waals surface area (Å²) in [5, 5.41) is 10.8. The van der Waals surface area contributed by atoms with Gasteiger partial charge in [-0.25, -0.2) is 0 Å². The van der Waals surface area contributed by atoms with Gasteiger partial charge >= 0.3 is 0 Å². The van der Waals surface area contributed by atoms with E-state index < -0.39 is 4.92 Å². The van der Waals surface area contributed by atoms with E-state index in [4.69, 9.17) is 5.73 Å². The molecule has 1 aliphatic heterocycles. The van der Waals surface area contributed by atoms with Gasteiger partial charge in [-0.05, 0) is 30.9 Å². The molecule has 6 heteroatoms. The zero-order valence-electron chi connectivity index (χ0n) is 11.8. The number of nitro benzene ring substituents is 1. The summed E-state index contributed by atoms with van der Waals surface area (Å²) in [7, 11) is 0. The first-order chi connectivity index (χ1) is 9.36. The largest absolute Gasteiger partial charge is 0.338 e. The molecule has 2 N–H and O–H groups in total. The Kier molecular flexibility index (Phi) is 3.76. The van der Waals surface area contributed by atoms with Crippen molar-refractivity contribution in [3.05, 3.63) is 39.4 Å². The summed E-state index contributed by atoms with van der Waals surface area (Å²) < 4.78 is 0. The number of non-ortho nitro benzene ring substituents is 1. The number of carbonyl (C=O) groups excluding carboxylic acids is 1. The van der Waals surface area contributed by atoms with Gasteiger partial charge in [0.05, 0.1) is 4.92 Å². The van der Waals surface area contributed by atoms with Crippen LogP contribution < -0.4 is 5.73 Å². The summed E-state index contributed by atoms with van der Waals surface area (Å²) in [4.78, 5) is 24.6. The maximum atomic E-state index is 12.5. The molecule has 1 amide bonds. The Morgan fingerprint density at radius 2 is 2.25 bits per heavy atom. The standard InChI is InChI=1S/C14H19N3O3/c1-10-3-4-11(17(19)20)7-12(10)13(18)16-6-5-14(2,8-15)9-16/h3-4,7H,5-6,8-9,15H2,1-2H3. The summed E-state index contributed by atoms with van der Waals surface area (Å²) in [6.45, 7) is 5.62. The van der Waals surface area contributed by atoms with Crippen LogP contribution in [0.3, 0.4) is 0 Å². The fraction of sp³-hybridized carbons (Fsp3) is 0.500. The summed E-state index contributed by atoms with van der Waals surface area (Å²) in [5.41, 5.74) is 6.78. The highest BCUT2D eigenvalue weighted by molar-refractivity contribution is 5.96. The van der Waals surface area contributed by atoms with Gasteiger partial charge in [-0.2, -0.15) is 0 Å².